The fourth-order valence-electron chi connectivity index (χ4n) is 2.34. The first-order chi connectivity index (χ1) is 9.58. The van der Waals surface area contributed by atoms with E-state index in [0.717, 1.165) is 37.0 Å². The number of urea groups is 1. The molecule has 0 radical (unpaired) electrons. The minimum Gasteiger partial charge on any atom is -0.478 e. The summed E-state index contributed by atoms with van der Waals surface area (Å²) in [7, 11) is 0. The fourth-order valence-corrected chi connectivity index (χ4v) is 3.11. The SMILES string of the molecule is O=C(Nc1sccc1C(=O)O)NC1CCCCCC1O. The summed E-state index contributed by atoms with van der Waals surface area (Å²) in [6.45, 7) is 0. The fraction of sp³-hybridized carbons (Fsp3) is 0.538. The van der Waals surface area contributed by atoms with Gasteiger partial charge in [0, 0.05) is 0 Å². The average Bonchev–Trinajstić information content (AvgIpc) is 2.75. The van der Waals surface area contributed by atoms with Crippen LogP contribution >= 0.6 is 11.3 Å². The number of amides is 2. The first-order valence-electron chi connectivity index (χ1n) is 6.64. The van der Waals surface area contributed by atoms with Crippen molar-refractivity contribution in [1.29, 1.82) is 0 Å². The van der Waals surface area contributed by atoms with Crippen LogP contribution in [-0.2, 0) is 0 Å². The first-order valence-corrected chi connectivity index (χ1v) is 7.52. The van der Waals surface area contributed by atoms with Gasteiger partial charge in [-0.15, -0.1) is 11.3 Å². The third-order valence-corrected chi connectivity index (χ3v) is 4.25. The lowest BCUT2D eigenvalue weighted by atomic mass is 10.1. The normalized spacial score (nSPS) is 22.9. The quantitative estimate of drug-likeness (QED) is 0.643. The third-order valence-electron chi connectivity index (χ3n) is 3.42. The maximum atomic E-state index is 11.9. The van der Waals surface area contributed by atoms with Crippen LogP contribution in [0.2, 0.25) is 0 Å². The summed E-state index contributed by atoms with van der Waals surface area (Å²) < 4.78 is 0. The molecule has 4 N–H and O–H groups in total. The number of anilines is 1. The number of aliphatic hydroxyl groups excluding tert-OH is 1. The van der Waals surface area contributed by atoms with E-state index in [1.165, 1.54) is 6.07 Å². The summed E-state index contributed by atoms with van der Waals surface area (Å²) in [5, 5.41) is 26.1. The van der Waals surface area contributed by atoms with Crippen LogP contribution in [0.5, 0.6) is 0 Å². The van der Waals surface area contributed by atoms with Crippen LogP contribution in [0, 0.1) is 0 Å². The Bertz CT molecular complexity index is 488. The Labute approximate surface area is 120 Å². The lowest BCUT2D eigenvalue weighted by molar-refractivity contribution is 0.0698. The van der Waals surface area contributed by atoms with Gasteiger partial charge in [-0.1, -0.05) is 19.3 Å². The number of hydrogen-bond acceptors (Lipinski definition) is 4. The third kappa shape index (κ3) is 3.71. The molecule has 1 aliphatic carbocycles. The van der Waals surface area contributed by atoms with E-state index in [-0.39, 0.29) is 11.6 Å². The Kier molecular flexibility index (Phi) is 4.97. The van der Waals surface area contributed by atoms with Gasteiger partial charge in [-0.3, -0.25) is 5.32 Å². The van der Waals surface area contributed by atoms with Gasteiger partial charge in [-0.2, -0.15) is 0 Å². The second-order valence-corrected chi connectivity index (χ2v) is 5.79. The monoisotopic (exact) mass is 298 g/mol. The van der Waals surface area contributed by atoms with E-state index >= 15 is 0 Å². The summed E-state index contributed by atoms with van der Waals surface area (Å²) in [4.78, 5) is 22.8. The highest BCUT2D eigenvalue weighted by atomic mass is 32.1. The lowest BCUT2D eigenvalue weighted by Crippen LogP contribution is -2.44. The predicted octanol–water partition coefficient (Wildman–Crippen LogP) is 2.26. The number of thiophene rings is 1. The smallest absolute Gasteiger partial charge is 0.338 e. The molecule has 20 heavy (non-hydrogen) atoms. The summed E-state index contributed by atoms with van der Waals surface area (Å²) in [6, 6.07) is 0.704. The van der Waals surface area contributed by atoms with Crippen molar-refractivity contribution < 1.29 is 19.8 Å². The minimum atomic E-state index is -1.07. The van der Waals surface area contributed by atoms with Crippen LogP contribution in [0.3, 0.4) is 0 Å². The summed E-state index contributed by atoms with van der Waals surface area (Å²) in [5.74, 6) is -1.07. The van der Waals surface area contributed by atoms with E-state index in [1.807, 2.05) is 0 Å². The van der Waals surface area contributed by atoms with Crippen LogP contribution in [-0.4, -0.2) is 34.4 Å². The van der Waals surface area contributed by atoms with Gasteiger partial charge in [0.1, 0.15) is 5.00 Å². The highest BCUT2D eigenvalue weighted by Gasteiger charge is 2.23. The minimum absolute atomic E-state index is 0.0755. The Morgan fingerprint density at radius 3 is 2.75 bits per heavy atom. The lowest BCUT2D eigenvalue weighted by Gasteiger charge is -2.21. The maximum absolute atomic E-state index is 11.9. The molecular formula is C13H18N2O4S. The van der Waals surface area contributed by atoms with Crippen molar-refractivity contribution in [2.24, 2.45) is 0 Å². The van der Waals surface area contributed by atoms with E-state index in [4.69, 9.17) is 5.11 Å². The molecule has 2 amide bonds. The van der Waals surface area contributed by atoms with Crippen molar-refractivity contribution in [3.05, 3.63) is 17.0 Å². The molecule has 6 nitrogen and oxygen atoms in total. The van der Waals surface area contributed by atoms with Gasteiger partial charge in [-0.05, 0) is 24.3 Å². The van der Waals surface area contributed by atoms with Gasteiger partial charge in [0.2, 0.25) is 0 Å². The van der Waals surface area contributed by atoms with Crippen LogP contribution < -0.4 is 10.6 Å². The first kappa shape index (κ1) is 14.8. The van der Waals surface area contributed by atoms with Crippen molar-refractivity contribution in [1.82, 2.24) is 5.32 Å². The van der Waals surface area contributed by atoms with E-state index in [9.17, 15) is 14.7 Å². The van der Waals surface area contributed by atoms with Gasteiger partial charge in [0.15, 0.2) is 0 Å². The number of carbonyl (C=O) groups is 2. The zero-order valence-electron chi connectivity index (χ0n) is 11.0. The molecule has 2 rings (SSSR count). The molecule has 0 saturated heterocycles. The van der Waals surface area contributed by atoms with Crippen molar-refractivity contribution in [2.75, 3.05) is 5.32 Å². The molecule has 1 aromatic heterocycles. The molecule has 1 heterocycles. The van der Waals surface area contributed by atoms with Crippen LogP contribution in [0.1, 0.15) is 42.5 Å². The Morgan fingerprint density at radius 1 is 1.25 bits per heavy atom. The van der Waals surface area contributed by atoms with Crippen LogP contribution in [0.15, 0.2) is 11.4 Å². The standard InChI is InChI=1S/C13H18N2O4S/c16-10-5-3-1-2-4-9(10)14-13(19)15-11-8(12(17)18)6-7-20-11/h6-7,9-10,16H,1-5H2,(H,17,18)(H2,14,15,19). The Morgan fingerprint density at radius 2 is 2.00 bits per heavy atom. The van der Waals surface area contributed by atoms with Crippen LogP contribution in [0.25, 0.3) is 0 Å². The van der Waals surface area contributed by atoms with Crippen molar-refractivity contribution in [2.45, 2.75) is 44.2 Å². The molecule has 7 heteroatoms. The second-order valence-electron chi connectivity index (χ2n) is 4.88. The number of carboxylic acid groups (broad SMARTS) is 1. The molecule has 110 valence electrons. The number of carboxylic acids is 1. The van der Waals surface area contributed by atoms with Crippen LogP contribution in [0.4, 0.5) is 9.80 Å². The molecule has 0 bridgehead atoms. The summed E-state index contributed by atoms with van der Waals surface area (Å²) in [5.41, 5.74) is 0.0755. The zero-order chi connectivity index (χ0) is 14.5. The van der Waals surface area contributed by atoms with E-state index in [0.29, 0.717) is 11.4 Å². The molecule has 1 aromatic rings. The summed E-state index contributed by atoms with van der Waals surface area (Å²) in [6.07, 6.45) is 3.89. The van der Waals surface area contributed by atoms with E-state index in [2.05, 4.69) is 10.6 Å². The molecular weight excluding hydrogens is 280 g/mol. The summed E-state index contributed by atoms with van der Waals surface area (Å²) >= 11 is 1.16. The van der Waals surface area contributed by atoms with Gasteiger partial charge in [0.05, 0.1) is 17.7 Å². The zero-order valence-corrected chi connectivity index (χ0v) is 11.8. The molecule has 0 spiro atoms. The molecule has 2 atom stereocenters. The molecule has 2 unspecified atom stereocenters. The van der Waals surface area contributed by atoms with Gasteiger partial charge < -0.3 is 15.5 Å². The molecule has 1 aliphatic rings. The molecule has 0 aromatic carbocycles. The van der Waals surface area contributed by atoms with Gasteiger partial charge in [0.25, 0.3) is 0 Å². The highest BCUT2D eigenvalue weighted by molar-refractivity contribution is 7.14. The highest BCUT2D eigenvalue weighted by Crippen LogP contribution is 2.23. The second kappa shape index (κ2) is 6.71. The van der Waals surface area contributed by atoms with Crippen molar-refractivity contribution in [3.63, 3.8) is 0 Å². The number of aliphatic hydroxyl groups is 1. The van der Waals surface area contributed by atoms with Crippen molar-refractivity contribution in [3.8, 4) is 0 Å². The number of nitrogens with one attached hydrogen (secondary N) is 2. The van der Waals surface area contributed by atoms with E-state index < -0.39 is 18.1 Å². The Balaban J connectivity index is 1.94. The van der Waals surface area contributed by atoms with Gasteiger partial charge in [-0.25, -0.2) is 9.59 Å². The maximum Gasteiger partial charge on any atom is 0.338 e. The molecule has 1 fully saturated rings. The number of carbonyl (C=O) groups excluding carboxylic acids is 1. The average molecular weight is 298 g/mol. The number of rotatable bonds is 3. The number of hydrogen-bond donors (Lipinski definition) is 4. The largest absolute Gasteiger partial charge is 0.478 e. The van der Waals surface area contributed by atoms with E-state index in [1.54, 1.807) is 5.38 Å². The Hall–Kier alpha value is -1.60. The molecule has 0 aliphatic heterocycles. The molecule has 1 saturated carbocycles. The predicted molar refractivity (Wildman–Crippen MR) is 76.3 cm³/mol. The topological polar surface area (TPSA) is 98.7 Å². The van der Waals surface area contributed by atoms with Crippen molar-refractivity contribution >= 4 is 28.3 Å². The van der Waals surface area contributed by atoms with Gasteiger partial charge >= 0.3 is 12.0 Å². The number of aromatic carboxylic acids is 1.